The molecule has 0 bridgehead atoms. The van der Waals surface area contributed by atoms with Crippen LogP contribution in [0.15, 0.2) is 146 Å². The molecule has 0 aliphatic carbocycles. The monoisotopic (exact) mass is 972 g/mol. The molecule has 9 heteroatoms. The van der Waals surface area contributed by atoms with E-state index in [-0.39, 0.29) is 12.5 Å². The predicted molar refractivity (Wildman–Crippen MR) is 294 cm³/mol. The molecule has 70 heavy (non-hydrogen) atoms. The van der Waals surface area contributed by atoms with Gasteiger partial charge < -0.3 is 40.3 Å². The number of hydrogen-bond acceptors (Lipinski definition) is 8. The van der Waals surface area contributed by atoms with Crippen molar-refractivity contribution in [1.82, 2.24) is 5.32 Å². The highest BCUT2D eigenvalue weighted by atomic mass is 16.7. The topological polar surface area (TPSA) is 149 Å². The molecule has 0 aromatic heterocycles. The van der Waals surface area contributed by atoms with Crippen molar-refractivity contribution in [2.45, 2.75) is 217 Å². The minimum Gasteiger partial charge on any atom is -0.394 e. The molecule has 0 saturated carbocycles. The quantitative estimate of drug-likeness (QED) is 0.0261. The molecule has 0 aromatic rings. The molecule has 7 atom stereocenters. The molecule has 1 heterocycles. The van der Waals surface area contributed by atoms with Crippen LogP contribution in [0.4, 0.5) is 0 Å². The van der Waals surface area contributed by atoms with Crippen LogP contribution in [0.2, 0.25) is 0 Å². The number of aliphatic hydroxyl groups excluding tert-OH is 5. The number of ether oxygens (including phenoxy) is 2. The van der Waals surface area contributed by atoms with Crippen LogP contribution in [0, 0.1) is 0 Å². The summed E-state index contributed by atoms with van der Waals surface area (Å²) >= 11 is 0. The van der Waals surface area contributed by atoms with Gasteiger partial charge in [0.2, 0.25) is 5.91 Å². The summed E-state index contributed by atoms with van der Waals surface area (Å²) in [6, 6.07) is -0.834. The number of unbranched alkanes of at least 4 members (excludes halogenated alkanes) is 11. The van der Waals surface area contributed by atoms with Crippen LogP contribution in [0.5, 0.6) is 0 Å². The van der Waals surface area contributed by atoms with Crippen molar-refractivity contribution >= 4 is 5.91 Å². The molecule has 7 unspecified atom stereocenters. The molecular weight excluding hydrogens is 875 g/mol. The molecule has 1 amide bonds. The Balaban J connectivity index is 2.13. The fourth-order valence-corrected chi connectivity index (χ4v) is 7.36. The number of carbonyl (C=O) groups excluding carboxylic acids is 1. The Bertz CT molecular complexity index is 1600. The molecule has 1 fully saturated rings. The molecule has 1 saturated heterocycles. The van der Waals surface area contributed by atoms with Gasteiger partial charge in [-0.05, 0) is 103 Å². The largest absolute Gasteiger partial charge is 0.394 e. The van der Waals surface area contributed by atoms with Crippen LogP contribution in [0.25, 0.3) is 0 Å². The zero-order valence-electron chi connectivity index (χ0n) is 43.5. The first-order chi connectivity index (χ1) is 34.3. The van der Waals surface area contributed by atoms with E-state index >= 15 is 0 Å². The zero-order chi connectivity index (χ0) is 50.8. The van der Waals surface area contributed by atoms with Crippen molar-refractivity contribution in [3.05, 3.63) is 146 Å². The molecule has 0 aromatic carbocycles. The Morgan fingerprint density at radius 2 is 0.900 bits per heavy atom. The first-order valence-electron chi connectivity index (χ1n) is 27.1. The average Bonchev–Trinajstić information content (AvgIpc) is 3.36. The van der Waals surface area contributed by atoms with Gasteiger partial charge in [-0.2, -0.15) is 0 Å². The molecule has 9 nitrogen and oxygen atoms in total. The van der Waals surface area contributed by atoms with Gasteiger partial charge in [0.25, 0.3) is 0 Å². The summed E-state index contributed by atoms with van der Waals surface area (Å²) in [6.07, 6.45) is 69.4. The maximum absolute atomic E-state index is 12.9. The van der Waals surface area contributed by atoms with Gasteiger partial charge in [0, 0.05) is 6.42 Å². The van der Waals surface area contributed by atoms with E-state index in [2.05, 4.69) is 153 Å². The molecule has 1 rings (SSSR count). The molecule has 0 radical (unpaired) electrons. The van der Waals surface area contributed by atoms with Gasteiger partial charge in [-0.1, -0.05) is 211 Å². The summed E-state index contributed by atoms with van der Waals surface area (Å²) in [4.78, 5) is 12.9. The average molecular weight is 972 g/mol. The van der Waals surface area contributed by atoms with Crippen LogP contribution in [-0.4, -0.2) is 87.5 Å². The van der Waals surface area contributed by atoms with Crippen molar-refractivity contribution < 1.29 is 39.8 Å². The molecule has 1 aliphatic rings. The predicted octanol–water partition coefficient (Wildman–Crippen LogP) is 13.1. The SMILES string of the molecule is CC/C=C\C/C=C\C/C=C\C/C=C\C/C=C\C/C=C\C/C=C\C/C=C\C/C=C\C/C=C\CCCCCCCCCCC(=O)NC(COC1OC(CO)C(O)C(O)C1O)C(O)/C=C/CC/C=C/CCCC. The summed E-state index contributed by atoms with van der Waals surface area (Å²) in [5.74, 6) is -0.207. The van der Waals surface area contributed by atoms with E-state index in [1.807, 2.05) is 6.08 Å². The summed E-state index contributed by atoms with van der Waals surface area (Å²) in [6.45, 7) is 3.53. The zero-order valence-corrected chi connectivity index (χ0v) is 43.5. The molecule has 1 aliphatic heterocycles. The van der Waals surface area contributed by atoms with Gasteiger partial charge in [0.15, 0.2) is 6.29 Å². The highest BCUT2D eigenvalue weighted by Crippen LogP contribution is 2.22. The standard InChI is InChI=1S/C61H97NO8/c1-3-5-7-9-11-13-14-15-16-17-18-19-20-21-22-23-24-25-26-27-28-29-30-31-32-33-34-35-36-37-38-39-40-41-42-43-45-47-49-51-57(65)62-54(55(64)50-48-46-44-12-10-8-6-4-2)53-69-61-60(68)59(67)58(66)56(52-63)70-61/h5,7,10-13,15-16,18-19,21-22,24-25,27-28,30-31,33-34,36-37,48,50,54-56,58-61,63-64,66-68H,3-4,6,8-9,14,17,20,23,26,29,32,35,38-47,49,51-53H2,1-2H3,(H,62,65)/b7-5-,12-10+,13-11-,16-15-,19-18-,22-21-,25-24-,28-27-,31-30-,34-33-,37-36-,50-48+. The Hall–Kier alpha value is -3.93. The lowest BCUT2D eigenvalue weighted by Crippen LogP contribution is -2.60. The third-order valence-electron chi connectivity index (χ3n) is 11.6. The van der Waals surface area contributed by atoms with Crippen molar-refractivity contribution in [2.75, 3.05) is 13.2 Å². The van der Waals surface area contributed by atoms with E-state index in [1.54, 1.807) is 6.08 Å². The van der Waals surface area contributed by atoms with Crippen LogP contribution in [-0.2, 0) is 14.3 Å². The number of nitrogens with one attached hydrogen (secondary N) is 1. The first-order valence-corrected chi connectivity index (χ1v) is 27.1. The van der Waals surface area contributed by atoms with E-state index < -0.39 is 49.5 Å². The van der Waals surface area contributed by atoms with E-state index in [1.165, 1.54) is 25.7 Å². The second-order valence-corrected chi connectivity index (χ2v) is 17.9. The van der Waals surface area contributed by atoms with E-state index in [0.29, 0.717) is 6.42 Å². The second-order valence-electron chi connectivity index (χ2n) is 17.9. The van der Waals surface area contributed by atoms with Crippen molar-refractivity contribution in [3.63, 3.8) is 0 Å². The minimum absolute atomic E-state index is 0.207. The first kappa shape index (κ1) is 64.1. The fraction of sp³-hybridized carbons (Fsp3) is 0.590. The summed E-state index contributed by atoms with van der Waals surface area (Å²) < 4.78 is 11.2. The molecular formula is C61H97NO8. The number of amides is 1. The third kappa shape index (κ3) is 37.8. The number of hydrogen-bond donors (Lipinski definition) is 6. The van der Waals surface area contributed by atoms with E-state index in [9.17, 15) is 30.3 Å². The van der Waals surface area contributed by atoms with Crippen molar-refractivity contribution in [3.8, 4) is 0 Å². The maximum Gasteiger partial charge on any atom is 0.220 e. The summed E-state index contributed by atoms with van der Waals surface area (Å²) in [7, 11) is 0. The van der Waals surface area contributed by atoms with Gasteiger partial charge in [0.1, 0.15) is 24.4 Å². The van der Waals surface area contributed by atoms with Crippen LogP contribution in [0.3, 0.4) is 0 Å². The fourth-order valence-electron chi connectivity index (χ4n) is 7.36. The number of aliphatic hydroxyl groups is 5. The lowest BCUT2D eigenvalue weighted by Gasteiger charge is -2.40. The van der Waals surface area contributed by atoms with E-state index in [0.717, 1.165) is 128 Å². The van der Waals surface area contributed by atoms with Gasteiger partial charge >= 0.3 is 0 Å². The molecule has 0 spiro atoms. The summed E-state index contributed by atoms with van der Waals surface area (Å²) in [5, 5.41) is 54.0. The Morgan fingerprint density at radius 1 is 0.500 bits per heavy atom. The minimum atomic E-state index is -1.58. The van der Waals surface area contributed by atoms with Gasteiger partial charge in [-0.3, -0.25) is 4.79 Å². The smallest absolute Gasteiger partial charge is 0.220 e. The van der Waals surface area contributed by atoms with Gasteiger partial charge in [0.05, 0.1) is 25.4 Å². The van der Waals surface area contributed by atoms with Crippen LogP contribution < -0.4 is 5.32 Å². The maximum atomic E-state index is 12.9. The highest BCUT2D eigenvalue weighted by Gasteiger charge is 2.44. The van der Waals surface area contributed by atoms with Gasteiger partial charge in [-0.15, -0.1) is 0 Å². The normalized spacial score (nSPS) is 20.6. The number of allylic oxidation sites excluding steroid dienone is 23. The Morgan fingerprint density at radius 3 is 1.37 bits per heavy atom. The number of rotatable bonds is 43. The molecule has 6 N–H and O–H groups in total. The lowest BCUT2D eigenvalue weighted by molar-refractivity contribution is -0.302. The Labute approximate surface area is 425 Å². The van der Waals surface area contributed by atoms with Crippen molar-refractivity contribution in [1.29, 1.82) is 0 Å². The van der Waals surface area contributed by atoms with Gasteiger partial charge in [-0.25, -0.2) is 0 Å². The van der Waals surface area contributed by atoms with E-state index in [4.69, 9.17) is 9.47 Å². The van der Waals surface area contributed by atoms with Crippen LogP contribution >= 0.6 is 0 Å². The van der Waals surface area contributed by atoms with Crippen LogP contribution in [0.1, 0.15) is 174 Å². The third-order valence-corrected chi connectivity index (χ3v) is 11.6. The highest BCUT2D eigenvalue weighted by molar-refractivity contribution is 5.76. The summed E-state index contributed by atoms with van der Waals surface area (Å²) in [5.41, 5.74) is 0. The Kier molecular flexibility index (Phi) is 44.6. The van der Waals surface area contributed by atoms with Crippen molar-refractivity contribution in [2.24, 2.45) is 0 Å². The lowest BCUT2D eigenvalue weighted by atomic mass is 9.99. The number of carbonyl (C=O) groups is 1. The second kappa shape index (κ2) is 48.7. The molecule has 394 valence electrons.